The van der Waals surface area contributed by atoms with Crippen molar-refractivity contribution in [2.45, 2.75) is 26.6 Å². The van der Waals surface area contributed by atoms with Crippen molar-refractivity contribution in [3.63, 3.8) is 0 Å². The Morgan fingerprint density at radius 3 is 2.03 bits per heavy atom. The largest absolute Gasteiger partial charge is 0.416 e. The fraction of sp³-hybridized carbons (Fsp3) is 0.208. The number of amides is 1. The fourth-order valence-corrected chi connectivity index (χ4v) is 4.03. The van der Waals surface area contributed by atoms with E-state index < -0.39 is 27.7 Å². The molecule has 174 valence electrons. The first-order valence-corrected chi connectivity index (χ1v) is 11.8. The van der Waals surface area contributed by atoms with E-state index in [-0.39, 0.29) is 12.1 Å². The van der Waals surface area contributed by atoms with Crippen molar-refractivity contribution >= 4 is 27.3 Å². The minimum Gasteiger partial charge on any atom is -0.322 e. The first-order chi connectivity index (χ1) is 15.3. The second-order valence-electron chi connectivity index (χ2n) is 7.76. The molecule has 5 nitrogen and oxygen atoms in total. The monoisotopic (exact) mass is 476 g/mol. The standard InChI is InChI=1S/C24H23F3N2O3S/c1-16-4-13-22(14-17(16)2)29(33(3,31)32)15-18-5-11-21(12-6-18)28-23(30)19-7-9-20(10-8-19)24(25,26)27/h4-14H,15H2,1-3H3,(H,28,30). The Labute approximate surface area is 190 Å². The van der Waals surface area contributed by atoms with Crippen molar-refractivity contribution < 1.29 is 26.4 Å². The zero-order valence-corrected chi connectivity index (χ0v) is 19.1. The summed E-state index contributed by atoms with van der Waals surface area (Å²) >= 11 is 0. The number of aryl methyl sites for hydroxylation is 2. The first kappa shape index (κ1) is 24.3. The maximum Gasteiger partial charge on any atom is 0.416 e. The molecular weight excluding hydrogens is 453 g/mol. The molecular formula is C24H23F3N2O3S. The van der Waals surface area contributed by atoms with Crippen LogP contribution in [0.3, 0.4) is 0 Å². The maximum atomic E-state index is 12.7. The molecule has 3 rings (SSSR count). The Bertz CT molecular complexity index is 1250. The number of alkyl halides is 3. The van der Waals surface area contributed by atoms with Gasteiger partial charge in [0.25, 0.3) is 5.91 Å². The van der Waals surface area contributed by atoms with Gasteiger partial charge in [-0.05, 0) is 79.1 Å². The van der Waals surface area contributed by atoms with Gasteiger partial charge in [0.05, 0.1) is 24.1 Å². The molecule has 0 aromatic heterocycles. The normalized spacial score (nSPS) is 11.8. The van der Waals surface area contributed by atoms with Gasteiger partial charge in [0.15, 0.2) is 0 Å². The highest BCUT2D eigenvalue weighted by Crippen LogP contribution is 2.29. The molecule has 0 heterocycles. The van der Waals surface area contributed by atoms with Crippen LogP contribution in [-0.4, -0.2) is 20.6 Å². The number of carbonyl (C=O) groups is 1. The number of carbonyl (C=O) groups excluding carboxylic acids is 1. The van der Waals surface area contributed by atoms with Crippen LogP contribution in [0.1, 0.15) is 32.6 Å². The third kappa shape index (κ3) is 6.13. The van der Waals surface area contributed by atoms with Gasteiger partial charge in [-0.1, -0.05) is 18.2 Å². The summed E-state index contributed by atoms with van der Waals surface area (Å²) in [6.45, 7) is 3.96. The molecule has 0 fully saturated rings. The Morgan fingerprint density at radius 1 is 0.909 bits per heavy atom. The van der Waals surface area contributed by atoms with Gasteiger partial charge < -0.3 is 5.32 Å². The van der Waals surface area contributed by atoms with Crippen LogP contribution in [0.15, 0.2) is 66.7 Å². The smallest absolute Gasteiger partial charge is 0.322 e. The van der Waals surface area contributed by atoms with Crippen molar-refractivity contribution in [2.24, 2.45) is 0 Å². The van der Waals surface area contributed by atoms with E-state index in [2.05, 4.69) is 5.32 Å². The van der Waals surface area contributed by atoms with Crippen LogP contribution in [0.2, 0.25) is 0 Å². The topological polar surface area (TPSA) is 66.5 Å². The summed E-state index contributed by atoms with van der Waals surface area (Å²) in [7, 11) is -3.54. The molecule has 3 aromatic carbocycles. The molecule has 0 saturated heterocycles. The Hall–Kier alpha value is -3.33. The average Bonchev–Trinajstić information content (AvgIpc) is 2.74. The van der Waals surface area contributed by atoms with Crippen LogP contribution in [0.25, 0.3) is 0 Å². The summed E-state index contributed by atoms with van der Waals surface area (Å²) in [5.41, 5.74) is 2.97. The molecule has 0 unspecified atom stereocenters. The highest BCUT2D eigenvalue weighted by molar-refractivity contribution is 7.92. The lowest BCUT2D eigenvalue weighted by atomic mass is 10.1. The van der Waals surface area contributed by atoms with Crippen LogP contribution in [-0.2, 0) is 22.7 Å². The second kappa shape index (κ2) is 9.27. The molecule has 0 spiro atoms. The van der Waals surface area contributed by atoms with E-state index in [1.54, 1.807) is 30.3 Å². The van der Waals surface area contributed by atoms with Crippen LogP contribution < -0.4 is 9.62 Å². The van der Waals surface area contributed by atoms with Gasteiger partial charge in [0.1, 0.15) is 0 Å². The van der Waals surface area contributed by atoms with Gasteiger partial charge >= 0.3 is 6.18 Å². The minimum absolute atomic E-state index is 0.0880. The lowest BCUT2D eigenvalue weighted by Crippen LogP contribution is -2.29. The van der Waals surface area contributed by atoms with E-state index in [4.69, 9.17) is 0 Å². The average molecular weight is 477 g/mol. The number of halogens is 3. The lowest BCUT2D eigenvalue weighted by Gasteiger charge is -2.23. The number of benzene rings is 3. The van der Waals surface area contributed by atoms with E-state index in [9.17, 15) is 26.4 Å². The van der Waals surface area contributed by atoms with Gasteiger partial charge in [0.2, 0.25) is 10.0 Å². The van der Waals surface area contributed by atoms with E-state index in [1.165, 1.54) is 4.31 Å². The Kier molecular flexibility index (Phi) is 6.83. The molecule has 1 N–H and O–H groups in total. The molecule has 0 atom stereocenters. The van der Waals surface area contributed by atoms with Crippen LogP contribution in [0.4, 0.5) is 24.5 Å². The number of nitrogens with one attached hydrogen (secondary N) is 1. The van der Waals surface area contributed by atoms with Crippen molar-refractivity contribution in [3.8, 4) is 0 Å². The molecule has 0 aliphatic heterocycles. The first-order valence-electron chi connectivity index (χ1n) is 9.97. The number of hydrogen-bond acceptors (Lipinski definition) is 3. The highest BCUT2D eigenvalue weighted by atomic mass is 32.2. The van der Waals surface area contributed by atoms with Crippen LogP contribution >= 0.6 is 0 Å². The third-order valence-corrected chi connectivity index (χ3v) is 6.33. The molecule has 0 aliphatic rings. The highest BCUT2D eigenvalue weighted by Gasteiger charge is 2.30. The third-order valence-electron chi connectivity index (χ3n) is 5.19. The summed E-state index contributed by atoms with van der Waals surface area (Å²) in [4.78, 5) is 12.3. The van der Waals surface area contributed by atoms with Crippen LogP contribution in [0, 0.1) is 13.8 Å². The SMILES string of the molecule is Cc1ccc(N(Cc2ccc(NC(=O)c3ccc(C(F)(F)F)cc3)cc2)S(C)(=O)=O)cc1C. The number of hydrogen-bond donors (Lipinski definition) is 1. The van der Waals surface area contributed by atoms with E-state index >= 15 is 0 Å². The van der Waals surface area contributed by atoms with E-state index in [1.807, 2.05) is 26.0 Å². The van der Waals surface area contributed by atoms with Gasteiger partial charge in [-0.2, -0.15) is 13.2 Å². The summed E-state index contributed by atoms with van der Waals surface area (Å²) in [5, 5.41) is 2.62. The molecule has 1 amide bonds. The minimum atomic E-state index is -4.47. The second-order valence-corrected chi connectivity index (χ2v) is 9.67. The number of nitrogens with zero attached hydrogens (tertiary/aromatic N) is 1. The van der Waals surface area contributed by atoms with Gasteiger partial charge in [0, 0.05) is 11.3 Å². The number of anilines is 2. The molecule has 0 saturated carbocycles. The summed E-state index contributed by atoms with van der Waals surface area (Å²) < 4.78 is 64.1. The van der Waals surface area contributed by atoms with Crippen molar-refractivity contribution in [1.82, 2.24) is 0 Å². The zero-order chi connectivity index (χ0) is 24.4. The summed E-state index contributed by atoms with van der Waals surface area (Å²) in [6.07, 6.45) is -3.33. The molecule has 0 bridgehead atoms. The van der Waals surface area contributed by atoms with Gasteiger partial charge in [-0.15, -0.1) is 0 Å². The van der Waals surface area contributed by atoms with Crippen molar-refractivity contribution in [2.75, 3.05) is 15.9 Å². The Balaban J connectivity index is 1.73. The predicted octanol–water partition coefficient (Wildman–Crippen LogP) is 5.54. The zero-order valence-electron chi connectivity index (χ0n) is 18.3. The van der Waals surface area contributed by atoms with Gasteiger partial charge in [-0.3, -0.25) is 9.10 Å². The number of sulfonamides is 1. The fourth-order valence-electron chi connectivity index (χ4n) is 3.15. The number of rotatable bonds is 6. The van der Waals surface area contributed by atoms with Crippen molar-refractivity contribution in [3.05, 3.63) is 94.5 Å². The lowest BCUT2D eigenvalue weighted by molar-refractivity contribution is -0.137. The van der Waals surface area contributed by atoms with Crippen LogP contribution in [0.5, 0.6) is 0 Å². The van der Waals surface area contributed by atoms with Crippen molar-refractivity contribution in [1.29, 1.82) is 0 Å². The summed E-state index contributed by atoms with van der Waals surface area (Å²) in [5.74, 6) is -0.552. The van der Waals surface area contributed by atoms with E-state index in [0.29, 0.717) is 16.9 Å². The molecule has 33 heavy (non-hydrogen) atoms. The van der Waals surface area contributed by atoms with E-state index in [0.717, 1.165) is 41.6 Å². The predicted molar refractivity (Wildman–Crippen MR) is 123 cm³/mol. The van der Waals surface area contributed by atoms with Gasteiger partial charge in [-0.25, -0.2) is 8.42 Å². The molecule has 9 heteroatoms. The summed E-state index contributed by atoms with van der Waals surface area (Å²) in [6, 6.07) is 15.9. The maximum absolute atomic E-state index is 12.7. The molecule has 0 radical (unpaired) electrons. The molecule has 3 aromatic rings. The quantitative estimate of drug-likeness (QED) is 0.508. The Morgan fingerprint density at radius 2 is 1.52 bits per heavy atom. The molecule has 0 aliphatic carbocycles.